The van der Waals surface area contributed by atoms with E-state index in [-0.39, 0.29) is 0 Å². The summed E-state index contributed by atoms with van der Waals surface area (Å²) in [6.07, 6.45) is 0. The maximum absolute atomic E-state index is 4.80. The normalized spacial score (nSPS) is 12.2. The predicted molar refractivity (Wildman–Crippen MR) is 139 cm³/mol. The first-order chi connectivity index (χ1) is 16.3. The van der Waals surface area contributed by atoms with E-state index < -0.39 is 0 Å². The number of imidazole rings is 1. The van der Waals surface area contributed by atoms with E-state index in [9.17, 15) is 0 Å². The van der Waals surface area contributed by atoms with E-state index >= 15 is 0 Å². The maximum atomic E-state index is 4.80. The SMILES string of the molecule is c1cc2ccc3ccc(-c4ccc5c(ccc6nc7ccccc7n65)c4)c4ccc(c1)c2c34. The summed E-state index contributed by atoms with van der Waals surface area (Å²) in [6, 6.07) is 39.6. The van der Waals surface area contributed by atoms with Crippen LogP contribution in [0.5, 0.6) is 0 Å². The molecule has 6 aromatic carbocycles. The first-order valence-electron chi connectivity index (χ1n) is 11.3. The summed E-state index contributed by atoms with van der Waals surface area (Å²) < 4.78 is 2.26. The largest absolute Gasteiger partial charge is 0.292 e. The van der Waals surface area contributed by atoms with Crippen LogP contribution in [-0.4, -0.2) is 9.38 Å². The van der Waals surface area contributed by atoms with Crippen LogP contribution in [0.1, 0.15) is 0 Å². The lowest BCUT2D eigenvalue weighted by atomic mass is 9.89. The highest BCUT2D eigenvalue weighted by Crippen LogP contribution is 2.39. The van der Waals surface area contributed by atoms with Crippen molar-refractivity contribution in [3.8, 4) is 11.1 Å². The molecule has 2 heteroatoms. The second kappa shape index (κ2) is 6.08. The quantitative estimate of drug-likeness (QED) is 0.246. The summed E-state index contributed by atoms with van der Waals surface area (Å²) in [5.41, 5.74) is 6.86. The van der Waals surface area contributed by atoms with Crippen molar-refractivity contribution in [3.05, 3.63) is 109 Å². The topological polar surface area (TPSA) is 17.3 Å². The molecule has 33 heavy (non-hydrogen) atoms. The fourth-order valence-corrected chi connectivity index (χ4v) is 5.62. The first-order valence-corrected chi connectivity index (χ1v) is 11.3. The molecular weight excluding hydrogens is 400 g/mol. The number of hydrogen-bond acceptors (Lipinski definition) is 1. The van der Waals surface area contributed by atoms with Gasteiger partial charge in [0, 0.05) is 0 Å². The van der Waals surface area contributed by atoms with E-state index in [0.29, 0.717) is 0 Å². The molecule has 0 bridgehead atoms. The van der Waals surface area contributed by atoms with Crippen LogP contribution in [-0.2, 0) is 0 Å². The molecule has 0 saturated heterocycles. The van der Waals surface area contributed by atoms with Crippen LogP contribution < -0.4 is 0 Å². The van der Waals surface area contributed by atoms with Gasteiger partial charge in [0.1, 0.15) is 5.65 Å². The zero-order chi connectivity index (χ0) is 21.5. The number of hydrogen-bond donors (Lipinski definition) is 0. The molecule has 0 fully saturated rings. The monoisotopic (exact) mass is 418 g/mol. The predicted octanol–water partition coefficient (Wildman–Crippen LogP) is 8.21. The minimum absolute atomic E-state index is 0.985. The molecule has 0 saturated carbocycles. The number of benzene rings is 6. The summed E-state index contributed by atoms with van der Waals surface area (Å²) in [7, 11) is 0. The van der Waals surface area contributed by atoms with E-state index in [1.165, 1.54) is 54.3 Å². The van der Waals surface area contributed by atoms with Gasteiger partial charge >= 0.3 is 0 Å². The van der Waals surface area contributed by atoms with E-state index in [2.05, 4.69) is 108 Å². The average Bonchev–Trinajstić information content (AvgIpc) is 3.26. The minimum atomic E-state index is 0.985. The number of para-hydroxylation sites is 2. The van der Waals surface area contributed by atoms with E-state index in [4.69, 9.17) is 4.98 Å². The van der Waals surface area contributed by atoms with Gasteiger partial charge in [-0.1, -0.05) is 72.8 Å². The van der Waals surface area contributed by atoms with Crippen LogP contribution >= 0.6 is 0 Å². The summed E-state index contributed by atoms with van der Waals surface area (Å²) in [4.78, 5) is 4.80. The molecule has 8 aromatic rings. The molecule has 2 aromatic heterocycles. The number of aromatic nitrogens is 2. The standard InChI is InChI=1S/C31H18N2/c1-2-7-28-26(6-1)32-29-17-13-23-18-22(12-16-27(23)33(28)29)24-14-10-21-9-8-19-4-3-5-20-11-15-25(24)31(21)30(19)20/h1-18H. The van der Waals surface area contributed by atoms with Gasteiger partial charge < -0.3 is 0 Å². The van der Waals surface area contributed by atoms with Gasteiger partial charge in [-0.3, -0.25) is 4.40 Å². The van der Waals surface area contributed by atoms with Crippen molar-refractivity contribution < 1.29 is 0 Å². The van der Waals surface area contributed by atoms with Crippen molar-refractivity contribution in [3.63, 3.8) is 0 Å². The molecule has 0 radical (unpaired) electrons. The van der Waals surface area contributed by atoms with Gasteiger partial charge in [-0.25, -0.2) is 4.98 Å². The minimum Gasteiger partial charge on any atom is -0.292 e. The van der Waals surface area contributed by atoms with Crippen LogP contribution in [0.25, 0.3) is 71.0 Å². The molecule has 152 valence electrons. The highest BCUT2D eigenvalue weighted by molar-refractivity contribution is 6.25. The third-order valence-electron chi connectivity index (χ3n) is 7.11. The van der Waals surface area contributed by atoms with E-state index in [0.717, 1.165) is 16.7 Å². The van der Waals surface area contributed by atoms with Crippen molar-refractivity contribution in [1.29, 1.82) is 0 Å². The van der Waals surface area contributed by atoms with Crippen molar-refractivity contribution in [1.82, 2.24) is 9.38 Å². The van der Waals surface area contributed by atoms with Crippen molar-refractivity contribution in [2.45, 2.75) is 0 Å². The first kappa shape index (κ1) is 17.2. The third kappa shape index (κ3) is 2.25. The van der Waals surface area contributed by atoms with Crippen LogP contribution in [0.4, 0.5) is 0 Å². The summed E-state index contributed by atoms with van der Waals surface area (Å²) >= 11 is 0. The third-order valence-corrected chi connectivity index (χ3v) is 7.11. The lowest BCUT2D eigenvalue weighted by Gasteiger charge is -2.14. The Balaban J connectivity index is 1.44. The molecule has 0 N–H and O–H groups in total. The molecule has 0 spiro atoms. The van der Waals surface area contributed by atoms with Gasteiger partial charge in [0.15, 0.2) is 0 Å². The zero-order valence-electron chi connectivity index (χ0n) is 17.8. The highest BCUT2D eigenvalue weighted by Gasteiger charge is 2.13. The van der Waals surface area contributed by atoms with Crippen molar-refractivity contribution >= 4 is 59.9 Å². The second-order valence-electron chi connectivity index (χ2n) is 8.87. The van der Waals surface area contributed by atoms with Gasteiger partial charge in [-0.05, 0) is 85.2 Å². The molecule has 0 aliphatic rings. The fourth-order valence-electron chi connectivity index (χ4n) is 5.62. The Hall–Kier alpha value is -4.43. The van der Waals surface area contributed by atoms with Gasteiger partial charge in [-0.15, -0.1) is 0 Å². The number of fused-ring (bicyclic) bond motifs is 5. The summed E-state index contributed by atoms with van der Waals surface area (Å²) in [5, 5.41) is 9.15. The molecular formula is C31H18N2. The Morgan fingerprint density at radius 2 is 1.27 bits per heavy atom. The lowest BCUT2D eigenvalue weighted by molar-refractivity contribution is 1.30. The van der Waals surface area contributed by atoms with Crippen LogP contribution in [0.15, 0.2) is 109 Å². The van der Waals surface area contributed by atoms with Gasteiger partial charge in [-0.2, -0.15) is 0 Å². The van der Waals surface area contributed by atoms with Crippen molar-refractivity contribution in [2.75, 3.05) is 0 Å². The molecule has 0 aliphatic carbocycles. The summed E-state index contributed by atoms with van der Waals surface area (Å²) in [5.74, 6) is 0. The zero-order valence-corrected chi connectivity index (χ0v) is 17.8. The van der Waals surface area contributed by atoms with E-state index in [1.54, 1.807) is 0 Å². The van der Waals surface area contributed by atoms with Gasteiger partial charge in [0.25, 0.3) is 0 Å². The van der Waals surface area contributed by atoms with Crippen LogP contribution in [0.2, 0.25) is 0 Å². The average molecular weight is 418 g/mol. The van der Waals surface area contributed by atoms with E-state index in [1.807, 2.05) is 6.07 Å². The Kier molecular flexibility index (Phi) is 3.16. The Morgan fingerprint density at radius 1 is 0.515 bits per heavy atom. The number of nitrogens with zero attached hydrogens (tertiary/aromatic N) is 2. The maximum Gasteiger partial charge on any atom is 0.138 e. The van der Waals surface area contributed by atoms with Gasteiger partial charge in [0.05, 0.1) is 16.6 Å². The van der Waals surface area contributed by atoms with Crippen molar-refractivity contribution in [2.24, 2.45) is 0 Å². The Bertz CT molecular complexity index is 2010. The Morgan fingerprint density at radius 3 is 2.18 bits per heavy atom. The molecule has 8 rings (SSSR count). The molecule has 0 aliphatic heterocycles. The fraction of sp³-hybridized carbons (Fsp3) is 0. The molecule has 2 nitrogen and oxygen atoms in total. The molecule has 0 atom stereocenters. The van der Waals surface area contributed by atoms with Crippen LogP contribution in [0, 0.1) is 0 Å². The Labute approximate surface area is 189 Å². The molecule has 2 heterocycles. The summed E-state index contributed by atoms with van der Waals surface area (Å²) in [6.45, 7) is 0. The lowest BCUT2D eigenvalue weighted by Crippen LogP contribution is -1.90. The highest BCUT2D eigenvalue weighted by atomic mass is 15.0. The molecule has 0 unspecified atom stereocenters. The second-order valence-corrected chi connectivity index (χ2v) is 8.87. The van der Waals surface area contributed by atoms with Gasteiger partial charge in [0.2, 0.25) is 0 Å². The molecule has 0 amide bonds. The number of pyridine rings is 1. The smallest absolute Gasteiger partial charge is 0.138 e. The van der Waals surface area contributed by atoms with Crippen LogP contribution in [0.3, 0.4) is 0 Å². The number of rotatable bonds is 1.